The minimum atomic E-state index is -0.416. The number of anilines is 1. The van der Waals surface area contributed by atoms with Crippen molar-refractivity contribution >= 4 is 22.6 Å². The van der Waals surface area contributed by atoms with Gasteiger partial charge in [0.25, 0.3) is 0 Å². The third-order valence-electron chi connectivity index (χ3n) is 2.46. The van der Waals surface area contributed by atoms with E-state index < -0.39 is 6.09 Å². The van der Waals surface area contributed by atoms with Crippen molar-refractivity contribution in [1.29, 1.82) is 0 Å². The zero-order chi connectivity index (χ0) is 13.6. The molecule has 0 saturated heterocycles. The van der Waals surface area contributed by atoms with Crippen LogP contribution in [0.4, 0.5) is 9.93 Å². The van der Waals surface area contributed by atoms with E-state index in [9.17, 15) is 4.79 Å². The number of nitrogens with one attached hydrogen (secondary N) is 1. The van der Waals surface area contributed by atoms with Gasteiger partial charge in [-0.15, -0.1) is 11.3 Å². The second-order valence-electron chi connectivity index (χ2n) is 5.26. The van der Waals surface area contributed by atoms with Gasteiger partial charge in [0.2, 0.25) is 0 Å². The molecule has 18 heavy (non-hydrogen) atoms. The predicted octanol–water partition coefficient (Wildman–Crippen LogP) is 4.18. The fourth-order valence-electron chi connectivity index (χ4n) is 1.32. The number of hydrogen-bond acceptors (Lipinski definition) is 4. The van der Waals surface area contributed by atoms with E-state index in [0.29, 0.717) is 11.7 Å². The van der Waals surface area contributed by atoms with Crippen molar-refractivity contribution in [3.8, 4) is 0 Å². The van der Waals surface area contributed by atoms with Gasteiger partial charge in [-0.25, -0.2) is 9.78 Å². The molecule has 0 aliphatic carbocycles. The number of aromatic nitrogens is 1. The molecule has 1 aromatic rings. The molecule has 0 bridgehead atoms. The first kappa shape index (κ1) is 15.0. The van der Waals surface area contributed by atoms with Crippen LogP contribution in [0.25, 0.3) is 0 Å². The van der Waals surface area contributed by atoms with E-state index in [-0.39, 0.29) is 5.41 Å². The van der Waals surface area contributed by atoms with Gasteiger partial charge in [-0.3, -0.25) is 5.32 Å². The number of amides is 1. The van der Waals surface area contributed by atoms with Crippen LogP contribution in [0.15, 0.2) is 5.38 Å². The molecule has 0 unspecified atom stereocenters. The van der Waals surface area contributed by atoms with Crippen LogP contribution in [0, 0.1) is 0 Å². The van der Waals surface area contributed by atoms with Crippen molar-refractivity contribution in [1.82, 2.24) is 4.98 Å². The fourth-order valence-corrected chi connectivity index (χ4v) is 2.24. The zero-order valence-corrected chi connectivity index (χ0v) is 12.4. The van der Waals surface area contributed by atoms with Crippen LogP contribution < -0.4 is 5.32 Å². The van der Waals surface area contributed by atoms with E-state index in [1.54, 1.807) is 0 Å². The molecule has 0 spiro atoms. The van der Waals surface area contributed by atoms with Gasteiger partial charge >= 0.3 is 6.09 Å². The molecular weight excluding hydrogens is 248 g/mol. The first-order valence-electron chi connectivity index (χ1n) is 6.33. The lowest BCUT2D eigenvalue weighted by Crippen LogP contribution is -2.15. The van der Waals surface area contributed by atoms with Crippen LogP contribution in [0.3, 0.4) is 0 Å². The summed E-state index contributed by atoms with van der Waals surface area (Å²) < 4.78 is 5.06. The molecule has 4 nitrogen and oxygen atoms in total. The van der Waals surface area contributed by atoms with Crippen LogP contribution >= 0.6 is 11.3 Å². The second-order valence-corrected chi connectivity index (χ2v) is 6.11. The van der Waals surface area contributed by atoms with Gasteiger partial charge in [0.05, 0.1) is 12.3 Å². The smallest absolute Gasteiger partial charge is 0.413 e. The Morgan fingerprint density at radius 1 is 1.44 bits per heavy atom. The first-order chi connectivity index (χ1) is 8.43. The summed E-state index contributed by atoms with van der Waals surface area (Å²) in [6.07, 6.45) is 2.70. The highest BCUT2D eigenvalue weighted by Crippen LogP contribution is 2.26. The summed E-state index contributed by atoms with van der Waals surface area (Å²) in [7, 11) is 0. The van der Waals surface area contributed by atoms with Crippen molar-refractivity contribution < 1.29 is 9.53 Å². The van der Waals surface area contributed by atoms with Crippen LogP contribution in [-0.2, 0) is 10.2 Å². The molecule has 1 amide bonds. The zero-order valence-electron chi connectivity index (χ0n) is 11.6. The number of nitrogens with zero attached hydrogens (tertiary/aromatic N) is 1. The summed E-state index contributed by atoms with van der Waals surface area (Å²) in [5.41, 5.74) is 0.982. The largest absolute Gasteiger partial charge is 0.449 e. The lowest BCUT2D eigenvalue weighted by atomic mass is 9.93. The molecule has 1 N–H and O–H groups in total. The molecule has 0 atom stereocenters. The number of ether oxygens (including phenoxy) is 1. The molecule has 1 rings (SSSR count). The molecule has 0 radical (unpaired) electrons. The SMILES string of the molecule is CCCCCOC(=O)Nc1nc(C(C)(C)C)cs1. The van der Waals surface area contributed by atoms with Gasteiger partial charge in [0.15, 0.2) is 5.13 Å². The van der Waals surface area contributed by atoms with E-state index in [0.717, 1.165) is 25.0 Å². The van der Waals surface area contributed by atoms with Gasteiger partial charge in [0.1, 0.15) is 0 Å². The molecule has 0 saturated carbocycles. The van der Waals surface area contributed by atoms with Crippen LogP contribution in [0.2, 0.25) is 0 Å². The highest BCUT2D eigenvalue weighted by Gasteiger charge is 2.18. The maximum Gasteiger partial charge on any atom is 0.413 e. The highest BCUT2D eigenvalue weighted by molar-refractivity contribution is 7.13. The Kier molecular flexibility index (Phi) is 5.59. The molecular formula is C13H22N2O2S. The van der Waals surface area contributed by atoms with Crippen LogP contribution in [-0.4, -0.2) is 17.7 Å². The first-order valence-corrected chi connectivity index (χ1v) is 7.21. The standard InChI is InChI=1S/C13H22N2O2S/c1-5-6-7-8-17-12(16)15-11-14-10(9-18-11)13(2,3)4/h9H,5-8H2,1-4H3,(H,14,15,16). The quantitative estimate of drug-likeness (QED) is 0.817. The van der Waals surface area contributed by atoms with Crippen molar-refractivity contribution in [3.05, 3.63) is 11.1 Å². The van der Waals surface area contributed by atoms with E-state index >= 15 is 0 Å². The molecule has 0 aromatic carbocycles. The highest BCUT2D eigenvalue weighted by atomic mass is 32.1. The third kappa shape index (κ3) is 5.04. The Morgan fingerprint density at radius 2 is 2.17 bits per heavy atom. The summed E-state index contributed by atoms with van der Waals surface area (Å²) in [5, 5.41) is 5.22. The Balaban J connectivity index is 2.38. The molecule has 1 aromatic heterocycles. The monoisotopic (exact) mass is 270 g/mol. The van der Waals surface area contributed by atoms with Crippen molar-refractivity contribution in [2.24, 2.45) is 0 Å². The summed E-state index contributed by atoms with van der Waals surface area (Å²) in [4.78, 5) is 15.8. The van der Waals surface area contributed by atoms with Gasteiger partial charge < -0.3 is 4.74 Å². The third-order valence-corrected chi connectivity index (χ3v) is 3.22. The summed E-state index contributed by atoms with van der Waals surface area (Å²) in [6, 6.07) is 0. The number of carbonyl (C=O) groups excluding carboxylic acids is 1. The summed E-state index contributed by atoms with van der Waals surface area (Å²) in [6.45, 7) is 8.86. The molecule has 0 aliphatic rings. The summed E-state index contributed by atoms with van der Waals surface area (Å²) in [5.74, 6) is 0. The number of unbranched alkanes of at least 4 members (excludes halogenated alkanes) is 2. The molecule has 0 fully saturated rings. The topological polar surface area (TPSA) is 51.2 Å². The van der Waals surface area contributed by atoms with Gasteiger partial charge in [-0.2, -0.15) is 0 Å². The molecule has 5 heteroatoms. The van der Waals surface area contributed by atoms with E-state index in [1.807, 2.05) is 5.38 Å². The van der Waals surface area contributed by atoms with Gasteiger partial charge in [0, 0.05) is 10.8 Å². The van der Waals surface area contributed by atoms with Crippen molar-refractivity contribution in [2.75, 3.05) is 11.9 Å². The number of rotatable bonds is 5. The van der Waals surface area contributed by atoms with Crippen molar-refractivity contribution in [3.63, 3.8) is 0 Å². The lowest BCUT2D eigenvalue weighted by molar-refractivity contribution is 0.159. The predicted molar refractivity (Wildman–Crippen MR) is 75.3 cm³/mol. The van der Waals surface area contributed by atoms with Crippen LogP contribution in [0.1, 0.15) is 52.7 Å². The Bertz CT molecular complexity index is 383. The van der Waals surface area contributed by atoms with Gasteiger partial charge in [-0.05, 0) is 6.42 Å². The Hall–Kier alpha value is -1.10. The fraction of sp³-hybridized carbons (Fsp3) is 0.692. The van der Waals surface area contributed by atoms with E-state index in [4.69, 9.17) is 4.74 Å². The van der Waals surface area contributed by atoms with Crippen molar-refractivity contribution in [2.45, 2.75) is 52.4 Å². The van der Waals surface area contributed by atoms with E-state index in [1.165, 1.54) is 11.3 Å². The maximum atomic E-state index is 11.5. The molecule has 1 heterocycles. The second kappa shape index (κ2) is 6.73. The average molecular weight is 270 g/mol. The number of carbonyl (C=O) groups is 1. The Labute approximate surface area is 113 Å². The molecule has 0 aliphatic heterocycles. The Morgan fingerprint density at radius 3 is 2.72 bits per heavy atom. The number of hydrogen-bond donors (Lipinski definition) is 1. The minimum absolute atomic E-state index is 0.00145. The van der Waals surface area contributed by atoms with E-state index in [2.05, 4.69) is 38.0 Å². The number of thiazole rings is 1. The molecule has 102 valence electrons. The van der Waals surface area contributed by atoms with Gasteiger partial charge in [-0.1, -0.05) is 40.5 Å². The lowest BCUT2D eigenvalue weighted by Gasteiger charge is -2.14. The van der Waals surface area contributed by atoms with Crippen LogP contribution in [0.5, 0.6) is 0 Å². The summed E-state index contributed by atoms with van der Waals surface area (Å²) >= 11 is 1.43. The maximum absolute atomic E-state index is 11.5. The average Bonchev–Trinajstić information content (AvgIpc) is 2.72. The minimum Gasteiger partial charge on any atom is -0.449 e. The normalized spacial score (nSPS) is 11.3.